The number of hydrogen-bond acceptors (Lipinski definition) is 4. The Morgan fingerprint density at radius 3 is 2.47 bits per heavy atom. The number of aliphatic carboxylic acids is 1. The zero-order valence-corrected chi connectivity index (χ0v) is 9.97. The van der Waals surface area contributed by atoms with E-state index in [4.69, 9.17) is 9.84 Å². The predicted molar refractivity (Wildman–Crippen MR) is 61.3 cm³/mol. The van der Waals surface area contributed by atoms with Gasteiger partial charge in [-0.2, -0.15) is 0 Å². The van der Waals surface area contributed by atoms with Crippen LogP contribution in [0.5, 0.6) is 11.5 Å². The van der Waals surface area contributed by atoms with Gasteiger partial charge in [-0.3, -0.25) is 0 Å². The Morgan fingerprint density at radius 1 is 1.41 bits per heavy atom. The van der Waals surface area contributed by atoms with Crippen LogP contribution in [0.3, 0.4) is 0 Å². The summed E-state index contributed by atoms with van der Waals surface area (Å²) in [6, 6.07) is 4.35. The molecule has 0 aromatic heterocycles. The Hall–Kier alpha value is -1.75. The summed E-state index contributed by atoms with van der Waals surface area (Å²) in [5, 5.41) is 27.9. The van der Waals surface area contributed by atoms with Gasteiger partial charge in [0, 0.05) is 17.0 Å². The quantitative estimate of drug-likeness (QED) is 0.734. The highest BCUT2D eigenvalue weighted by Crippen LogP contribution is 2.36. The molecule has 5 heteroatoms. The number of aliphatic hydroxyl groups excluding tert-OH is 1. The molecule has 0 saturated carbocycles. The second kappa shape index (κ2) is 4.63. The van der Waals surface area contributed by atoms with Crippen LogP contribution in [0.4, 0.5) is 0 Å². The average molecular weight is 240 g/mol. The number of aromatic hydroxyl groups is 1. The molecular formula is C12H16O5. The van der Waals surface area contributed by atoms with Gasteiger partial charge in [-0.1, -0.05) is 19.9 Å². The summed E-state index contributed by atoms with van der Waals surface area (Å²) in [6.07, 6.45) is -1.55. The van der Waals surface area contributed by atoms with Crippen molar-refractivity contribution in [2.45, 2.75) is 25.4 Å². The first-order valence-electron chi connectivity index (χ1n) is 5.09. The van der Waals surface area contributed by atoms with Crippen LogP contribution in [0, 0.1) is 0 Å². The standard InChI is InChI=1S/C12H16O5/c1-12(2,10(14)11(15)16)8-5-4-7(13)6-9(8)17-3/h4-6,10,13-14H,1-3H3,(H,15,16). The van der Waals surface area contributed by atoms with E-state index in [1.54, 1.807) is 19.9 Å². The Labute approximate surface area is 99.3 Å². The Kier molecular flexibility index (Phi) is 3.63. The fourth-order valence-corrected chi connectivity index (χ4v) is 1.67. The van der Waals surface area contributed by atoms with Gasteiger partial charge >= 0.3 is 5.97 Å². The summed E-state index contributed by atoms with van der Waals surface area (Å²) in [5.74, 6) is -0.938. The van der Waals surface area contributed by atoms with Gasteiger partial charge in [0.2, 0.25) is 0 Å². The maximum absolute atomic E-state index is 10.8. The van der Waals surface area contributed by atoms with E-state index in [0.717, 1.165) is 0 Å². The first-order valence-corrected chi connectivity index (χ1v) is 5.09. The molecule has 1 atom stereocenters. The van der Waals surface area contributed by atoms with Crippen molar-refractivity contribution >= 4 is 5.97 Å². The summed E-state index contributed by atoms with van der Waals surface area (Å²) < 4.78 is 5.08. The Morgan fingerprint density at radius 2 is 2.00 bits per heavy atom. The molecule has 0 fully saturated rings. The molecule has 1 aromatic carbocycles. The minimum Gasteiger partial charge on any atom is -0.508 e. The number of phenolic OH excluding ortho intramolecular Hbond substituents is 1. The lowest BCUT2D eigenvalue weighted by molar-refractivity contribution is -0.150. The minimum absolute atomic E-state index is 0.0196. The van der Waals surface area contributed by atoms with Crippen molar-refractivity contribution in [3.63, 3.8) is 0 Å². The lowest BCUT2D eigenvalue weighted by Gasteiger charge is -2.29. The number of phenols is 1. The number of carbonyl (C=O) groups is 1. The maximum Gasteiger partial charge on any atom is 0.333 e. The molecule has 0 amide bonds. The lowest BCUT2D eigenvalue weighted by Crippen LogP contribution is -2.40. The van der Waals surface area contributed by atoms with E-state index in [1.807, 2.05) is 0 Å². The van der Waals surface area contributed by atoms with E-state index in [-0.39, 0.29) is 5.75 Å². The van der Waals surface area contributed by atoms with Gasteiger partial charge in [0.05, 0.1) is 7.11 Å². The van der Waals surface area contributed by atoms with Gasteiger partial charge in [0.1, 0.15) is 11.5 Å². The molecule has 0 bridgehead atoms. The second-order valence-electron chi connectivity index (χ2n) is 4.35. The fourth-order valence-electron chi connectivity index (χ4n) is 1.67. The molecule has 0 spiro atoms. The SMILES string of the molecule is COc1cc(O)ccc1C(C)(C)C(O)C(=O)O. The molecule has 0 aliphatic rings. The number of carboxylic acids is 1. The van der Waals surface area contributed by atoms with Crippen LogP contribution in [-0.4, -0.2) is 34.5 Å². The predicted octanol–water partition coefficient (Wildman–Crippen LogP) is 1.12. The van der Waals surface area contributed by atoms with Gasteiger partial charge in [-0.05, 0) is 6.07 Å². The molecule has 0 heterocycles. The zero-order chi connectivity index (χ0) is 13.2. The number of methoxy groups -OCH3 is 1. The van der Waals surface area contributed by atoms with Gasteiger partial charge in [0.15, 0.2) is 6.10 Å². The van der Waals surface area contributed by atoms with E-state index in [1.165, 1.54) is 19.2 Å². The molecule has 1 aromatic rings. The zero-order valence-electron chi connectivity index (χ0n) is 9.97. The van der Waals surface area contributed by atoms with E-state index < -0.39 is 17.5 Å². The molecule has 17 heavy (non-hydrogen) atoms. The molecule has 3 N–H and O–H groups in total. The number of carboxylic acid groups (broad SMARTS) is 1. The first kappa shape index (κ1) is 13.3. The van der Waals surface area contributed by atoms with Crippen molar-refractivity contribution in [2.24, 2.45) is 0 Å². The lowest BCUT2D eigenvalue weighted by atomic mass is 9.79. The molecule has 0 aliphatic heterocycles. The van der Waals surface area contributed by atoms with Crippen LogP contribution in [-0.2, 0) is 10.2 Å². The summed E-state index contributed by atoms with van der Waals surface area (Å²) in [4.78, 5) is 10.8. The molecule has 94 valence electrons. The number of benzene rings is 1. The topological polar surface area (TPSA) is 87.0 Å². The van der Waals surface area contributed by atoms with Crippen molar-refractivity contribution in [1.82, 2.24) is 0 Å². The molecule has 1 unspecified atom stereocenters. The highest BCUT2D eigenvalue weighted by Gasteiger charge is 2.37. The van der Waals surface area contributed by atoms with Crippen LogP contribution in [0.1, 0.15) is 19.4 Å². The highest BCUT2D eigenvalue weighted by atomic mass is 16.5. The van der Waals surface area contributed by atoms with Gasteiger partial charge in [0.25, 0.3) is 0 Å². The average Bonchev–Trinajstić information content (AvgIpc) is 2.27. The number of hydrogen-bond donors (Lipinski definition) is 3. The second-order valence-corrected chi connectivity index (χ2v) is 4.35. The van der Waals surface area contributed by atoms with Gasteiger partial charge < -0.3 is 20.1 Å². The number of ether oxygens (including phenoxy) is 1. The first-order chi connectivity index (χ1) is 7.80. The minimum atomic E-state index is -1.55. The van der Waals surface area contributed by atoms with Gasteiger partial charge in [-0.15, -0.1) is 0 Å². The number of aliphatic hydroxyl groups is 1. The van der Waals surface area contributed by atoms with Crippen LogP contribution < -0.4 is 4.74 Å². The molecule has 0 aliphatic carbocycles. The fraction of sp³-hybridized carbons (Fsp3) is 0.417. The molecule has 0 saturated heterocycles. The van der Waals surface area contributed by atoms with Crippen LogP contribution >= 0.6 is 0 Å². The van der Waals surface area contributed by atoms with Crippen LogP contribution in [0.15, 0.2) is 18.2 Å². The third-order valence-corrected chi connectivity index (χ3v) is 2.80. The van der Waals surface area contributed by atoms with Crippen molar-refractivity contribution in [3.05, 3.63) is 23.8 Å². The normalized spacial score (nSPS) is 13.2. The van der Waals surface area contributed by atoms with E-state index in [2.05, 4.69) is 0 Å². The van der Waals surface area contributed by atoms with E-state index in [0.29, 0.717) is 11.3 Å². The Balaban J connectivity index is 3.27. The van der Waals surface area contributed by atoms with Crippen molar-refractivity contribution in [3.8, 4) is 11.5 Å². The third kappa shape index (κ3) is 2.50. The highest BCUT2D eigenvalue weighted by molar-refractivity contribution is 5.74. The van der Waals surface area contributed by atoms with E-state index >= 15 is 0 Å². The summed E-state index contributed by atoms with van der Waals surface area (Å²) in [6.45, 7) is 3.20. The largest absolute Gasteiger partial charge is 0.508 e. The molecule has 0 radical (unpaired) electrons. The Bertz CT molecular complexity index is 425. The molecular weight excluding hydrogens is 224 g/mol. The van der Waals surface area contributed by atoms with Crippen LogP contribution in [0.2, 0.25) is 0 Å². The summed E-state index contributed by atoms with van der Waals surface area (Å²) in [5.41, 5.74) is -0.502. The van der Waals surface area contributed by atoms with Crippen molar-refractivity contribution in [2.75, 3.05) is 7.11 Å². The number of rotatable bonds is 4. The van der Waals surface area contributed by atoms with Crippen molar-refractivity contribution < 1.29 is 24.9 Å². The van der Waals surface area contributed by atoms with E-state index in [9.17, 15) is 15.0 Å². The van der Waals surface area contributed by atoms with Crippen molar-refractivity contribution in [1.29, 1.82) is 0 Å². The third-order valence-electron chi connectivity index (χ3n) is 2.80. The summed E-state index contributed by atoms with van der Waals surface area (Å²) in [7, 11) is 1.42. The molecule has 5 nitrogen and oxygen atoms in total. The monoisotopic (exact) mass is 240 g/mol. The maximum atomic E-state index is 10.8. The van der Waals surface area contributed by atoms with Crippen LogP contribution in [0.25, 0.3) is 0 Å². The molecule has 1 rings (SSSR count). The summed E-state index contributed by atoms with van der Waals surface area (Å²) >= 11 is 0. The smallest absolute Gasteiger partial charge is 0.333 e. The van der Waals surface area contributed by atoms with Gasteiger partial charge in [-0.25, -0.2) is 4.79 Å².